The third kappa shape index (κ3) is 10.4. The van der Waals surface area contributed by atoms with Crippen LogP contribution in [0.1, 0.15) is 48.8 Å². The third-order valence-corrected chi connectivity index (χ3v) is 13.8. The van der Waals surface area contributed by atoms with Crippen molar-refractivity contribution in [2.75, 3.05) is 9.80 Å². The number of nitrogens with zero attached hydrogens (tertiary/aromatic N) is 2. The summed E-state index contributed by atoms with van der Waals surface area (Å²) in [6, 6.07) is 85.4. The number of anilines is 6. The van der Waals surface area contributed by atoms with E-state index in [9.17, 15) is 0 Å². The molecule has 0 aliphatic heterocycles. The Bertz CT molecular complexity index is 3640. The molecule has 0 saturated carbocycles. The second-order valence-corrected chi connectivity index (χ2v) is 18.5. The van der Waals surface area contributed by atoms with Gasteiger partial charge in [0.25, 0.3) is 0 Å². The zero-order valence-electron chi connectivity index (χ0n) is 41.3. The number of aryl methyl sites for hydroxylation is 1. The summed E-state index contributed by atoms with van der Waals surface area (Å²) in [6.07, 6.45) is 16.2. The molecule has 0 spiro atoms. The maximum Gasteiger partial charge on any atom is 0.0540 e. The summed E-state index contributed by atoms with van der Waals surface area (Å²) in [5, 5.41) is 7.20. The standard InChI is InChI=1S/C70H60N2/c1-4-5-35-66(65-37-20-17-27-56(65)26-11-7-6-10-24-52(2)64-36-19-16-25-53(64)3)59-45-50-68-58(51-59)30-23-40-70(68)72(61-33-14-9-15-34-61)63-48-43-55(44-49-63)54-41-46-62(47-42-54)71(60-31-12-8-13-32-60)69-39-22-29-57-28-18-21-38-67(57)69/h4-9,12-23,25-52H,1,10-11,24H2,2-3H3. The fourth-order valence-corrected chi connectivity index (χ4v) is 10.1. The molecule has 0 aliphatic carbocycles. The molecular weight excluding hydrogens is 869 g/mol. The summed E-state index contributed by atoms with van der Waals surface area (Å²) >= 11 is 0. The molecule has 0 amide bonds. The fraction of sp³-hybridized carbons (Fsp3) is 0.0857. The lowest BCUT2D eigenvalue weighted by molar-refractivity contribution is 0.686. The molecule has 350 valence electrons. The van der Waals surface area contributed by atoms with Gasteiger partial charge in [-0.3, -0.25) is 0 Å². The molecule has 1 unspecified atom stereocenters. The minimum atomic E-state index is 0.539. The van der Waals surface area contributed by atoms with Crippen LogP contribution in [0.2, 0.25) is 0 Å². The van der Waals surface area contributed by atoms with Gasteiger partial charge in [-0.2, -0.15) is 0 Å². The Morgan fingerprint density at radius 1 is 0.500 bits per heavy atom. The molecule has 0 heterocycles. The van der Waals surface area contributed by atoms with Crippen LogP contribution in [0.3, 0.4) is 0 Å². The van der Waals surface area contributed by atoms with Crippen LogP contribution in [-0.2, 0) is 0 Å². The minimum Gasteiger partial charge on any atom is -0.310 e. The minimum absolute atomic E-state index is 0.539. The number of para-hydroxylation sites is 2. The lowest BCUT2D eigenvalue weighted by Gasteiger charge is -2.27. The van der Waals surface area contributed by atoms with Crippen molar-refractivity contribution in [3.05, 3.63) is 301 Å². The average Bonchev–Trinajstić information content (AvgIpc) is 3.43. The normalized spacial score (nSPS) is 12.7. The topological polar surface area (TPSA) is 6.48 Å². The zero-order valence-corrected chi connectivity index (χ0v) is 41.3. The second-order valence-electron chi connectivity index (χ2n) is 18.5. The number of hydrogen-bond donors (Lipinski definition) is 0. The fourth-order valence-electron chi connectivity index (χ4n) is 10.1. The number of fused-ring (bicyclic) bond motifs is 2. The molecule has 0 N–H and O–H groups in total. The van der Waals surface area contributed by atoms with Crippen LogP contribution in [-0.4, -0.2) is 0 Å². The quantitative estimate of drug-likeness (QED) is 0.0704. The third-order valence-electron chi connectivity index (χ3n) is 13.8. The molecule has 0 fully saturated rings. The van der Waals surface area contributed by atoms with E-state index in [0.717, 1.165) is 75.7 Å². The summed E-state index contributed by atoms with van der Waals surface area (Å²) in [7, 11) is 0. The highest BCUT2D eigenvalue weighted by Crippen LogP contribution is 2.42. The smallest absolute Gasteiger partial charge is 0.0540 e. The Balaban J connectivity index is 0.944. The van der Waals surface area contributed by atoms with Gasteiger partial charge < -0.3 is 9.80 Å². The lowest BCUT2D eigenvalue weighted by atomic mass is 9.92. The van der Waals surface area contributed by atoms with Gasteiger partial charge in [-0.1, -0.05) is 220 Å². The molecule has 10 rings (SSSR count). The summed E-state index contributed by atoms with van der Waals surface area (Å²) in [6.45, 7) is 8.59. The first-order valence-corrected chi connectivity index (χ1v) is 25.2. The summed E-state index contributed by atoms with van der Waals surface area (Å²) in [5.41, 5.74) is 14.1. The van der Waals surface area contributed by atoms with Gasteiger partial charge >= 0.3 is 0 Å². The van der Waals surface area contributed by atoms with Gasteiger partial charge in [-0.25, -0.2) is 0 Å². The molecule has 2 nitrogen and oxygen atoms in total. The molecule has 0 aromatic heterocycles. The molecule has 1 atom stereocenters. The predicted octanol–water partition coefficient (Wildman–Crippen LogP) is 18.2. The van der Waals surface area contributed by atoms with Crippen molar-refractivity contribution >= 4 is 67.3 Å². The van der Waals surface area contributed by atoms with Crippen LogP contribution in [0.5, 0.6) is 0 Å². The van der Waals surface area contributed by atoms with Crippen molar-refractivity contribution in [1.82, 2.24) is 0 Å². The number of hydrogen-bond acceptors (Lipinski definition) is 2. The first kappa shape index (κ1) is 47.0. The highest BCUT2D eigenvalue weighted by Gasteiger charge is 2.18. The largest absolute Gasteiger partial charge is 0.310 e. The number of rotatable bonds is 16. The molecule has 0 saturated heterocycles. The van der Waals surface area contributed by atoms with E-state index < -0.39 is 0 Å². The van der Waals surface area contributed by atoms with Crippen LogP contribution >= 0.6 is 0 Å². The van der Waals surface area contributed by atoms with Gasteiger partial charge in [0.1, 0.15) is 0 Å². The van der Waals surface area contributed by atoms with Crippen LogP contribution < -0.4 is 20.2 Å². The van der Waals surface area contributed by atoms with Crippen molar-refractivity contribution in [3.63, 3.8) is 0 Å². The van der Waals surface area contributed by atoms with Crippen LogP contribution in [0.4, 0.5) is 34.1 Å². The first-order chi connectivity index (χ1) is 35.5. The van der Waals surface area contributed by atoms with Crippen molar-refractivity contribution < 1.29 is 0 Å². The van der Waals surface area contributed by atoms with Gasteiger partial charge in [0.05, 0.1) is 11.4 Å². The van der Waals surface area contributed by atoms with Crippen molar-refractivity contribution in [2.45, 2.75) is 39.0 Å². The van der Waals surface area contributed by atoms with E-state index in [0.29, 0.717) is 5.92 Å². The predicted molar refractivity (Wildman–Crippen MR) is 311 cm³/mol. The van der Waals surface area contributed by atoms with E-state index in [1.807, 2.05) is 12.2 Å². The van der Waals surface area contributed by atoms with Gasteiger partial charge in [-0.05, 0) is 153 Å². The van der Waals surface area contributed by atoms with Gasteiger partial charge in [0, 0.05) is 33.5 Å². The molecular formula is C70H60N2. The van der Waals surface area contributed by atoms with Crippen LogP contribution in [0.15, 0.2) is 274 Å². The summed E-state index contributed by atoms with van der Waals surface area (Å²) in [4.78, 5) is 4.73. The Hall–Kier alpha value is -8.72. The molecule has 0 aliphatic rings. The monoisotopic (exact) mass is 928 g/mol. The molecule has 10 aromatic rings. The van der Waals surface area contributed by atoms with E-state index in [1.165, 1.54) is 43.1 Å². The van der Waals surface area contributed by atoms with Crippen molar-refractivity contribution in [3.8, 4) is 11.1 Å². The van der Waals surface area contributed by atoms with E-state index in [4.69, 9.17) is 0 Å². The highest BCUT2D eigenvalue weighted by atomic mass is 15.1. The number of benzene rings is 10. The Labute approximate surface area is 425 Å². The molecule has 0 radical (unpaired) electrons. The second kappa shape index (κ2) is 22.4. The van der Waals surface area contributed by atoms with Gasteiger partial charge in [-0.15, -0.1) is 0 Å². The van der Waals surface area contributed by atoms with E-state index in [-0.39, 0.29) is 0 Å². The Morgan fingerprint density at radius 2 is 1.04 bits per heavy atom. The van der Waals surface area contributed by atoms with Crippen molar-refractivity contribution in [2.24, 2.45) is 0 Å². The molecule has 10 aromatic carbocycles. The van der Waals surface area contributed by atoms with E-state index >= 15 is 0 Å². The molecule has 2 heteroatoms. The van der Waals surface area contributed by atoms with Crippen LogP contribution in [0, 0.1) is 6.92 Å². The average molecular weight is 929 g/mol. The van der Waals surface area contributed by atoms with Crippen molar-refractivity contribution in [1.29, 1.82) is 0 Å². The highest BCUT2D eigenvalue weighted by molar-refractivity contribution is 6.01. The summed E-state index contributed by atoms with van der Waals surface area (Å²) < 4.78 is 0. The lowest BCUT2D eigenvalue weighted by Crippen LogP contribution is -2.26. The van der Waals surface area contributed by atoms with Gasteiger partial charge in [0.2, 0.25) is 0 Å². The Morgan fingerprint density at radius 3 is 1.69 bits per heavy atom. The maximum absolute atomic E-state index is 4.03. The van der Waals surface area contributed by atoms with Crippen LogP contribution in [0.25, 0.3) is 44.3 Å². The Kier molecular flexibility index (Phi) is 14.6. The first-order valence-electron chi connectivity index (χ1n) is 25.2. The van der Waals surface area contributed by atoms with E-state index in [2.05, 4.69) is 291 Å². The zero-order chi connectivity index (χ0) is 49.1. The summed E-state index contributed by atoms with van der Waals surface area (Å²) in [5.74, 6) is 0.539. The van der Waals surface area contributed by atoms with E-state index in [1.54, 1.807) is 0 Å². The SMILES string of the molecule is C=CC=CC(c1ccc2c(N(c3ccccc3)c3ccc(-c4ccc(N(c5ccccc5)c5cccc6ccccc56)cc4)cc3)cccc2c1)=c1ccccc1=CCC=CCCC(C)c1ccccc1C. The number of allylic oxidation sites excluding steroid dienone is 5. The maximum atomic E-state index is 4.03. The van der Waals surface area contributed by atoms with Gasteiger partial charge in [0.15, 0.2) is 0 Å². The molecule has 0 bridgehead atoms. The molecule has 72 heavy (non-hydrogen) atoms.